The molecule has 154 valence electrons. The second kappa shape index (κ2) is 7.86. The summed E-state index contributed by atoms with van der Waals surface area (Å²) in [7, 11) is 0. The lowest BCUT2D eigenvalue weighted by molar-refractivity contribution is -0.0276. The summed E-state index contributed by atoms with van der Waals surface area (Å²) >= 11 is 0. The van der Waals surface area contributed by atoms with E-state index in [4.69, 9.17) is 4.74 Å². The zero-order valence-electron chi connectivity index (χ0n) is 17.2. The smallest absolute Gasteiger partial charge is 0.132 e. The minimum atomic E-state index is 0.234. The molecule has 4 aliphatic rings. The van der Waals surface area contributed by atoms with Crippen LogP contribution >= 0.6 is 0 Å². The minimum absolute atomic E-state index is 0.234. The molecular formula is C21H34N6O. The first kappa shape index (κ1) is 18.7. The average Bonchev–Trinajstić information content (AvgIpc) is 3.47. The highest BCUT2D eigenvalue weighted by molar-refractivity contribution is 5.40. The fourth-order valence-corrected chi connectivity index (χ4v) is 5.28. The first-order valence-electron chi connectivity index (χ1n) is 11.1. The SMILES string of the molecule is CC(C)OC1CCC2NNC(c3cc(N4CCN(C5CC5)CC4)ncn3)C2C1. The van der Waals surface area contributed by atoms with Gasteiger partial charge in [0, 0.05) is 50.2 Å². The van der Waals surface area contributed by atoms with E-state index in [1.807, 2.05) is 0 Å². The van der Waals surface area contributed by atoms with E-state index >= 15 is 0 Å². The Morgan fingerprint density at radius 1 is 1.04 bits per heavy atom. The highest BCUT2D eigenvalue weighted by Crippen LogP contribution is 2.39. The number of ether oxygens (including phenoxy) is 1. The fraction of sp³-hybridized carbons (Fsp3) is 0.810. The molecule has 0 radical (unpaired) electrons. The van der Waals surface area contributed by atoms with Crippen molar-refractivity contribution >= 4 is 5.82 Å². The summed E-state index contributed by atoms with van der Waals surface area (Å²) in [6.07, 6.45) is 8.58. The molecular weight excluding hydrogens is 352 g/mol. The largest absolute Gasteiger partial charge is 0.376 e. The summed E-state index contributed by atoms with van der Waals surface area (Å²) in [4.78, 5) is 14.3. The highest BCUT2D eigenvalue weighted by Gasteiger charge is 2.42. The second-order valence-electron chi connectivity index (χ2n) is 9.21. The number of hydrazine groups is 1. The van der Waals surface area contributed by atoms with Gasteiger partial charge in [-0.25, -0.2) is 15.4 Å². The Kier molecular flexibility index (Phi) is 5.26. The molecule has 7 heteroatoms. The number of nitrogens with one attached hydrogen (secondary N) is 2. The number of rotatable bonds is 5. The van der Waals surface area contributed by atoms with Gasteiger partial charge < -0.3 is 9.64 Å². The first-order chi connectivity index (χ1) is 13.7. The van der Waals surface area contributed by atoms with Crippen LogP contribution in [0, 0.1) is 5.92 Å². The number of fused-ring (bicyclic) bond motifs is 1. The lowest BCUT2D eigenvalue weighted by atomic mass is 9.79. The molecule has 4 unspecified atom stereocenters. The van der Waals surface area contributed by atoms with Crippen LogP contribution in [0.25, 0.3) is 0 Å². The van der Waals surface area contributed by atoms with Gasteiger partial charge in [-0.3, -0.25) is 10.3 Å². The van der Waals surface area contributed by atoms with Crippen LogP contribution in [0.2, 0.25) is 0 Å². The Morgan fingerprint density at radius 2 is 1.86 bits per heavy atom. The van der Waals surface area contributed by atoms with E-state index in [0.29, 0.717) is 24.2 Å². The average molecular weight is 387 g/mol. The standard InChI is InChI=1S/C21H34N6O/c1-14(2)28-16-5-6-18-17(11-16)21(25-24-18)19-12-20(23-13-22-19)27-9-7-26(8-10-27)15-3-4-15/h12-18,21,24-25H,3-11H2,1-2H3. The predicted octanol–water partition coefficient (Wildman–Crippen LogP) is 1.87. The van der Waals surface area contributed by atoms with Crippen LogP contribution in [-0.4, -0.2) is 65.3 Å². The molecule has 2 N–H and O–H groups in total. The number of anilines is 1. The maximum atomic E-state index is 6.14. The zero-order chi connectivity index (χ0) is 19.1. The molecule has 0 aromatic carbocycles. The quantitative estimate of drug-likeness (QED) is 0.801. The lowest BCUT2D eigenvalue weighted by Crippen LogP contribution is -2.47. The molecule has 2 saturated carbocycles. The van der Waals surface area contributed by atoms with Crippen molar-refractivity contribution in [2.24, 2.45) is 5.92 Å². The summed E-state index contributed by atoms with van der Waals surface area (Å²) in [6, 6.07) is 3.82. The Balaban J connectivity index is 1.26. The van der Waals surface area contributed by atoms with Gasteiger partial charge >= 0.3 is 0 Å². The van der Waals surface area contributed by atoms with Gasteiger partial charge in [0.15, 0.2) is 0 Å². The number of hydrogen-bond acceptors (Lipinski definition) is 7. The van der Waals surface area contributed by atoms with E-state index < -0.39 is 0 Å². The molecule has 0 bridgehead atoms. The van der Waals surface area contributed by atoms with E-state index in [-0.39, 0.29) is 6.04 Å². The molecule has 4 fully saturated rings. The van der Waals surface area contributed by atoms with E-state index in [1.54, 1.807) is 6.33 Å². The third-order valence-corrected chi connectivity index (χ3v) is 6.86. The topological polar surface area (TPSA) is 65.6 Å². The van der Waals surface area contributed by atoms with E-state index in [0.717, 1.165) is 63.0 Å². The molecule has 2 aliphatic carbocycles. The second-order valence-corrected chi connectivity index (χ2v) is 9.21. The molecule has 1 aromatic heterocycles. The third-order valence-electron chi connectivity index (χ3n) is 6.86. The van der Waals surface area contributed by atoms with Crippen LogP contribution in [0.5, 0.6) is 0 Å². The summed E-state index contributed by atoms with van der Waals surface area (Å²) in [5.74, 6) is 1.60. The van der Waals surface area contributed by atoms with Crippen molar-refractivity contribution < 1.29 is 4.74 Å². The Labute approximate surface area is 168 Å². The molecule has 7 nitrogen and oxygen atoms in total. The summed E-state index contributed by atoms with van der Waals surface area (Å²) < 4.78 is 6.14. The number of piperazine rings is 1. The minimum Gasteiger partial charge on any atom is -0.376 e. The predicted molar refractivity (Wildman–Crippen MR) is 109 cm³/mol. The van der Waals surface area contributed by atoms with Gasteiger partial charge in [0.25, 0.3) is 0 Å². The van der Waals surface area contributed by atoms with Crippen LogP contribution in [-0.2, 0) is 4.74 Å². The van der Waals surface area contributed by atoms with Crippen molar-refractivity contribution in [3.8, 4) is 0 Å². The van der Waals surface area contributed by atoms with Crippen LogP contribution in [0.15, 0.2) is 12.4 Å². The van der Waals surface area contributed by atoms with Gasteiger partial charge in [-0.2, -0.15) is 0 Å². The Hall–Kier alpha value is -1.28. The molecule has 3 heterocycles. The van der Waals surface area contributed by atoms with E-state index in [1.165, 1.54) is 12.8 Å². The highest BCUT2D eigenvalue weighted by atomic mass is 16.5. The lowest BCUT2D eigenvalue weighted by Gasteiger charge is -2.36. The normalized spacial score (nSPS) is 34.0. The maximum Gasteiger partial charge on any atom is 0.132 e. The number of nitrogens with zero attached hydrogens (tertiary/aromatic N) is 4. The van der Waals surface area contributed by atoms with Crippen LogP contribution in [0.1, 0.15) is 57.7 Å². The van der Waals surface area contributed by atoms with E-state index in [9.17, 15) is 0 Å². The van der Waals surface area contributed by atoms with Gasteiger partial charge in [0.05, 0.1) is 23.9 Å². The first-order valence-corrected chi connectivity index (χ1v) is 11.1. The zero-order valence-corrected chi connectivity index (χ0v) is 17.2. The van der Waals surface area contributed by atoms with E-state index in [2.05, 4.69) is 50.5 Å². The maximum absolute atomic E-state index is 6.14. The monoisotopic (exact) mass is 386 g/mol. The molecule has 0 amide bonds. The third kappa shape index (κ3) is 3.90. The van der Waals surface area contributed by atoms with Crippen molar-refractivity contribution in [2.45, 2.75) is 76.3 Å². The van der Waals surface area contributed by atoms with Gasteiger partial charge in [0.2, 0.25) is 0 Å². The summed E-state index contributed by atoms with van der Waals surface area (Å²) in [6.45, 7) is 8.72. The molecule has 28 heavy (non-hydrogen) atoms. The number of aromatic nitrogens is 2. The van der Waals surface area contributed by atoms with Gasteiger partial charge in [-0.05, 0) is 46.0 Å². The van der Waals surface area contributed by atoms with Crippen LogP contribution in [0.4, 0.5) is 5.82 Å². The van der Waals surface area contributed by atoms with Crippen molar-refractivity contribution in [1.82, 2.24) is 25.7 Å². The summed E-state index contributed by atoms with van der Waals surface area (Å²) in [5, 5.41) is 0. The van der Waals surface area contributed by atoms with Gasteiger partial charge in [0.1, 0.15) is 12.1 Å². The van der Waals surface area contributed by atoms with Crippen molar-refractivity contribution in [1.29, 1.82) is 0 Å². The molecule has 2 saturated heterocycles. The molecule has 4 atom stereocenters. The van der Waals surface area contributed by atoms with Crippen molar-refractivity contribution in [2.75, 3.05) is 31.1 Å². The molecule has 2 aliphatic heterocycles. The molecule has 0 spiro atoms. The Morgan fingerprint density at radius 3 is 2.61 bits per heavy atom. The Bertz CT molecular complexity index is 673. The molecule has 5 rings (SSSR count). The van der Waals surface area contributed by atoms with Crippen molar-refractivity contribution in [3.05, 3.63) is 18.1 Å². The van der Waals surface area contributed by atoms with Gasteiger partial charge in [-0.15, -0.1) is 0 Å². The van der Waals surface area contributed by atoms with Crippen LogP contribution < -0.4 is 15.8 Å². The van der Waals surface area contributed by atoms with Crippen LogP contribution in [0.3, 0.4) is 0 Å². The summed E-state index contributed by atoms with van der Waals surface area (Å²) in [5.41, 5.74) is 8.16. The van der Waals surface area contributed by atoms with Gasteiger partial charge in [-0.1, -0.05) is 0 Å². The fourth-order valence-electron chi connectivity index (χ4n) is 5.28. The van der Waals surface area contributed by atoms with Crippen molar-refractivity contribution in [3.63, 3.8) is 0 Å². The molecule has 1 aromatic rings. The number of hydrogen-bond donors (Lipinski definition) is 2.